The van der Waals surface area contributed by atoms with Gasteiger partial charge in [0, 0.05) is 25.0 Å². The molecule has 0 spiro atoms. The van der Waals surface area contributed by atoms with E-state index in [1.165, 1.54) is 0 Å². The summed E-state index contributed by atoms with van der Waals surface area (Å²) in [5.74, 6) is 0.853. The number of anilines is 2. The van der Waals surface area contributed by atoms with E-state index in [1.807, 2.05) is 37.3 Å². The first-order valence-electron chi connectivity index (χ1n) is 7.55. The van der Waals surface area contributed by atoms with E-state index in [2.05, 4.69) is 29.1 Å². The van der Waals surface area contributed by atoms with Crippen LogP contribution in [0.25, 0.3) is 0 Å². The van der Waals surface area contributed by atoms with Crippen LogP contribution in [0, 0.1) is 5.92 Å². The van der Waals surface area contributed by atoms with Crippen molar-refractivity contribution in [1.82, 2.24) is 9.97 Å². The molecule has 5 nitrogen and oxygen atoms in total. The fourth-order valence-corrected chi connectivity index (χ4v) is 2.05. The summed E-state index contributed by atoms with van der Waals surface area (Å²) >= 11 is 0. The molecule has 1 N–H and O–H groups in total. The molecule has 5 heteroatoms. The highest BCUT2D eigenvalue weighted by Gasteiger charge is 2.17. The number of nitrogens with zero attached hydrogens (tertiary/aromatic N) is 3. The van der Waals surface area contributed by atoms with Gasteiger partial charge in [0.1, 0.15) is 5.69 Å². The van der Waals surface area contributed by atoms with Gasteiger partial charge in [-0.2, -0.15) is 0 Å². The first-order valence-corrected chi connectivity index (χ1v) is 7.55. The Bertz CT molecular complexity index is 613. The number of carbonyl (C=O) groups excluding carboxylic acids is 1. The van der Waals surface area contributed by atoms with Gasteiger partial charge in [-0.1, -0.05) is 32.0 Å². The average Bonchev–Trinajstić information content (AvgIpc) is 2.55. The minimum absolute atomic E-state index is 0.122. The van der Waals surface area contributed by atoms with Crippen molar-refractivity contribution in [2.24, 2.45) is 5.92 Å². The zero-order valence-corrected chi connectivity index (χ0v) is 13.3. The summed E-state index contributed by atoms with van der Waals surface area (Å²) in [6.45, 7) is 7.52. The van der Waals surface area contributed by atoms with E-state index < -0.39 is 0 Å². The average molecular weight is 298 g/mol. The molecule has 2 rings (SSSR count). The summed E-state index contributed by atoms with van der Waals surface area (Å²) in [6, 6.07) is 11.2. The van der Waals surface area contributed by atoms with E-state index in [9.17, 15) is 4.79 Å². The molecule has 2 aromatic rings. The highest BCUT2D eigenvalue weighted by atomic mass is 16.2. The Labute approximate surface area is 131 Å². The Morgan fingerprint density at radius 3 is 2.59 bits per heavy atom. The summed E-state index contributed by atoms with van der Waals surface area (Å²) in [5.41, 5.74) is 1.26. The van der Waals surface area contributed by atoms with Crippen LogP contribution in [0.3, 0.4) is 0 Å². The molecule has 0 aliphatic rings. The maximum Gasteiger partial charge on any atom is 0.277 e. The molecule has 0 saturated carbocycles. The minimum atomic E-state index is -0.122. The third-order valence-electron chi connectivity index (χ3n) is 3.17. The number of benzene rings is 1. The summed E-state index contributed by atoms with van der Waals surface area (Å²) in [4.78, 5) is 22.9. The van der Waals surface area contributed by atoms with E-state index in [0.717, 1.165) is 12.2 Å². The van der Waals surface area contributed by atoms with Gasteiger partial charge in [0.15, 0.2) is 0 Å². The number of hydrogen-bond donors (Lipinski definition) is 1. The molecular weight excluding hydrogens is 276 g/mol. The van der Waals surface area contributed by atoms with Crippen LogP contribution in [0.1, 0.15) is 31.3 Å². The highest BCUT2D eigenvalue weighted by Crippen LogP contribution is 2.16. The second-order valence-corrected chi connectivity index (χ2v) is 5.43. The SMILES string of the molecule is CCN(C(=O)c1ccnc(NCC(C)C)n1)c1ccccc1. The van der Waals surface area contributed by atoms with Crippen molar-refractivity contribution in [3.8, 4) is 0 Å². The number of para-hydroxylation sites is 1. The zero-order valence-electron chi connectivity index (χ0n) is 13.3. The van der Waals surface area contributed by atoms with Gasteiger partial charge in [0.05, 0.1) is 0 Å². The van der Waals surface area contributed by atoms with Gasteiger partial charge >= 0.3 is 0 Å². The third-order valence-corrected chi connectivity index (χ3v) is 3.17. The van der Waals surface area contributed by atoms with Gasteiger partial charge in [-0.25, -0.2) is 9.97 Å². The Morgan fingerprint density at radius 2 is 1.95 bits per heavy atom. The number of nitrogens with one attached hydrogen (secondary N) is 1. The quantitative estimate of drug-likeness (QED) is 0.889. The van der Waals surface area contributed by atoms with E-state index in [0.29, 0.717) is 24.1 Å². The topological polar surface area (TPSA) is 58.1 Å². The molecule has 0 unspecified atom stereocenters. The monoisotopic (exact) mass is 298 g/mol. The minimum Gasteiger partial charge on any atom is -0.354 e. The van der Waals surface area contributed by atoms with Gasteiger partial charge in [0.2, 0.25) is 5.95 Å². The standard InChI is InChI=1S/C17H22N4O/c1-4-21(14-8-6-5-7-9-14)16(22)15-10-11-18-17(20-15)19-12-13(2)3/h5-11,13H,4,12H2,1-3H3,(H,18,19,20). The summed E-state index contributed by atoms with van der Waals surface area (Å²) in [7, 11) is 0. The zero-order chi connectivity index (χ0) is 15.9. The molecule has 116 valence electrons. The Kier molecular flexibility index (Phi) is 5.47. The summed E-state index contributed by atoms with van der Waals surface area (Å²) < 4.78 is 0. The first-order chi connectivity index (χ1) is 10.6. The van der Waals surface area contributed by atoms with Crippen LogP contribution < -0.4 is 10.2 Å². The van der Waals surface area contributed by atoms with Gasteiger partial charge in [-0.3, -0.25) is 4.79 Å². The summed E-state index contributed by atoms with van der Waals surface area (Å²) in [5, 5.41) is 3.14. The fraction of sp³-hybridized carbons (Fsp3) is 0.353. The highest BCUT2D eigenvalue weighted by molar-refractivity contribution is 6.04. The molecule has 0 aliphatic heterocycles. The number of amides is 1. The number of rotatable bonds is 6. The van der Waals surface area contributed by atoms with E-state index in [1.54, 1.807) is 17.2 Å². The third kappa shape index (κ3) is 4.04. The van der Waals surface area contributed by atoms with Gasteiger partial charge in [-0.05, 0) is 31.0 Å². The molecular formula is C17H22N4O. The van der Waals surface area contributed by atoms with Crippen molar-refractivity contribution in [2.75, 3.05) is 23.3 Å². The predicted octanol–water partition coefficient (Wildman–Crippen LogP) is 3.21. The van der Waals surface area contributed by atoms with Crippen LogP contribution in [-0.4, -0.2) is 29.0 Å². The maximum atomic E-state index is 12.7. The van der Waals surface area contributed by atoms with Crippen molar-refractivity contribution in [3.63, 3.8) is 0 Å². The van der Waals surface area contributed by atoms with Gasteiger partial charge < -0.3 is 10.2 Å². The van der Waals surface area contributed by atoms with Crippen LogP contribution in [0.15, 0.2) is 42.6 Å². The molecule has 22 heavy (non-hydrogen) atoms. The lowest BCUT2D eigenvalue weighted by atomic mass is 10.2. The van der Waals surface area contributed by atoms with Crippen LogP contribution in [0.2, 0.25) is 0 Å². The molecule has 0 saturated heterocycles. The molecule has 1 aromatic heterocycles. The van der Waals surface area contributed by atoms with Gasteiger partial charge in [-0.15, -0.1) is 0 Å². The van der Waals surface area contributed by atoms with Crippen LogP contribution in [-0.2, 0) is 0 Å². The number of hydrogen-bond acceptors (Lipinski definition) is 4. The fourth-order valence-electron chi connectivity index (χ4n) is 2.05. The molecule has 0 radical (unpaired) electrons. The normalized spacial score (nSPS) is 10.5. The number of aromatic nitrogens is 2. The van der Waals surface area contributed by atoms with Crippen LogP contribution >= 0.6 is 0 Å². The van der Waals surface area contributed by atoms with Crippen molar-refractivity contribution in [3.05, 3.63) is 48.3 Å². The van der Waals surface area contributed by atoms with E-state index >= 15 is 0 Å². The molecule has 0 atom stereocenters. The molecule has 0 aliphatic carbocycles. The van der Waals surface area contributed by atoms with E-state index in [-0.39, 0.29) is 5.91 Å². The Balaban J connectivity index is 2.19. The summed E-state index contributed by atoms with van der Waals surface area (Å²) in [6.07, 6.45) is 1.61. The lowest BCUT2D eigenvalue weighted by Crippen LogP contribution is -2.31. The maximum absolute atomic E-state index is 12.7. The second-order valence-electron chi connectivity index (χ2n) is 5.43. The van der Waals surface area contributed by atoms with Crippen LogP contribution in [0.5, 0.6) is 0 Å². The van der Waals surface area contributed by atoms with Crippen molar-refractivity contribution in [1.29, 1.82) is 0 Å². The largest absolute Gasteiger partial charge is 0.354 e. The Morgan fingerprint density at radius 1 is 1.23 bits per heavy atom. The number of carbonyl (C=O) groups is 1. The predicted molar refractivity (Wildman–Crippen MR) is 89.2 cm³/mol. The molecule has 0 bridgehead atoms. The lowest BCUT2D eigenvalue weighted by molar-refractivity contribution is 0.0983. The molecule has 1 amide bonds. The van der Waals surface area contributed by atoms with Crippen LogP contribution in [0.4, 0.5) is 11.6 Å². The molecule has 1 heterocycles. The smallest absolute Gasteiger partial charge is 0.277 e. The van der Waals surface area contributed by atoms with E-state index in [4.69, 9.17) is 0 Å². The molecule has 1 aromatic carbocycles. The van der Waals surface area contributed by atoms with Crippen molar-refractivity contribution >= 4 is 17.5 Å². The van der Waals surface area contributed by atoms with Gasteiger partial charge in [0.25, 0.3) is 5.91 Å². The Hall–Kier alpha value is -2.43. The molecule has 0 fully saturated rings. The first kappa shape index (κ1) is 15.9. The van der Waals surface area contributed by atoms with Crippen molar-refractivity contribution < 1.29 is 4.79 Å². The lowest BCUT2D eigenvalue weighted by Gasteiger charge is -2.20. The second kappa shape index (κ2) is 7.54. The van der Waals surface area contributed by atoms with Crippen molar-refractivity contribution in [2.45, 2.75) is 20.8 Å².